The fourth-order valence-electron chi connectivity index (χ4n) is 1.68. The summed E-state index contributed by atoms with van der Waals surface area (Å²) in [6.07, 6.45) is 0. The van der Waals surface area contributed by atoms with Crippen molar-refractivity contribution >= 4 is 28.8 Å². The molecule has 2 aromatic rings. The van der Waals surface area contributed by atoms with Gasteiger partial charge < -0.3 is 10.6 Å². The van der Waals surface area contributed by atoms with Crippen LogP contribution in [0.1, 0.15) is 20.1 Å². The van der Waals surface area contributed by atoms with Crippen LogP contribution < -0.4 is 10.6 Å². The molecular weight excluding hydrogens is 286 g/mol. The first-order chi connectivity index (χ1) is 10.1. The van der Waals surface area contributed by atoms with Crippen molar-refractivity contribution in [3.05, 3.63) is 51.7 Å². The second-order valence-corrected chi connectivity index (χ2v) is 5.62. The third-order valence-corrected chi connectivity index (χ3v) is 3.65. The Bertz CT molecular complexity index is 716. The first kappa shape index (κ1) is 14.8. The highest BCUT2D eigenvalue weighted by molar-refractivity contribution is 7.13. The summed E-state index contributed by atoms with van der Waals surface area (Å²) in [7, 11) is 0. The minimum absolute atomic E-state index is 0.118. The summed E-state index contributed by atoms with van der Waals surface area (Å²) in [6, 6.07) is 12.2. The third kappa shape index (κ3) is 4.16. The van der Waals surface area contributed by atoms with E-state index in [4.69, 9.17) is 5.26 Å². The van der Waals surface area contributed by atoms with Crippen molar-refractivity contribution in [1.29, 1.82) is 5.26 Å². The molecule has 0 aliphatic carbocycles. The van der Waals surface area contributed by atoms with Gasteiger partial charge in [0.25, 0.3) is 5.91 Å². The molecule has 0 saturated heterocycles. The van der Waals surface area contributed by atoms with Crippen molar-refractivity contribution in [2.24, 2.45) is 0 Å². The van der Waals surface area contributed by atoms with Gasteiger partial charge in [-0.3, -0.25) is 9.59 Å². The molecule has 1 heterocycles. The van der Waals surface area contributed by atoms with Crippen molar-refractivity contribution in [2.75, 3.05) is 11.9 Å². The van der Waals surface area contributed by atoms with E-state index < -0.39 is 0 Å². The molecule has 0 radical (unpaired) electrons. The van der Waals surface area contributed by atoms with E-state index >= 15 is 0 Å². The molecule has 0 spiro atoms. The Morgan fingerprint density at radius 2 is 2.10 bits per heavy atom. The molecule has 0 unspecified atom stereocenters. The molecule has 2 N–H and O–H groups in total. The number of anilines is 1. The number of nitrogens with one attached hydrogen (secondary N) is 2. The molecule has 106 valence electrons. The maximum atomic E-state index is 11.8. The summed E-state index contributed by atoms with van der Waals surface area (Å²) in [6.45, 7) is 1.79. The average Bonchev–Trinajstić information content (AvgIpc) is 2.91. The first-order valence-corrected chi connectivity index (χ1v) is 7.05. The smallest absolute Gasteiger partial charge is 0.261 e. The van der Waals surface area contributed by atoms with Crippen molar-refractivity contribution in [1.82, 2.24) is 5.32 Å². The zero-order chi connectivity index (χ0) is 15.2. The Balaban J connectivity index is 1.87. The topological polar surface area (TPSA) is 82.0 Å². The van der Waals surface area contributed by atoms with Crippen molar-refractivity contribution < 1.29 is 9.59 Å². The molecule has 0 aliphatic heterocycles. The molecule has 21 heavy (non-hydrogen) atoms. The number of carbonyl (C=O) groups is 2. The maximum absolute atomic E-state index is 11.8. The number of amides is 2. The van der Waals surface area contributed by atoms with E-state index in [2.05, 4.69) is 10.6 Å². The van der Waals surface area contributed by atoms with Gasteiger partial charge in [0.15, 0.2) is 0 Å². The van der Waals surface area contributed by atoms with Gasteiger partial charge in [-0.1, -0.05) is 6.07 Å². The molecule has 0 saturated carbocycles. The standard InChI is InChI=1S/C15H13N3O2S/c1-10-5-6-13(21-10)15(20)17-9-14(19)18-12-4-2-3-11(7-12)8-16/h2-7H,9H2,1H3,(H,17,20)(H,18,19). The van der Waals surface area contributed by atoms with Crippen LogP contribution in [-0.4, -0.2) is 18.4 Å². The highest BCUT2D eigenvalue weighted by atomic mass is 32.1. The highest BCUT2D eigenvalue weighted by Crippen LogP contribution is 2.14. The second-order valence-electron chi connectivity index (χ2n) is 4.33. The lowest BCUT2D eigenvalue weighted by Crippen LogP contribution is -2.32. The number of carbonyl (C=O) groups excluding carboxylic acids is 2. The van der Waals surface area contributed by atoms with Crippen LogP contribution in [-0.2, 0) is 4.79 Å². The van der Waals surface area contributed by atoms with Gasteiger partial charge in [0.1, 0.15) is 0 Å². The highest BCUT2D eigenvalue weighted by Gasteiger charge is 2.10. The SMILES string of the molecule is Cc1ccc(C(=O)NCC(=O)Nc2cccc(C#N)c2)s1. The molecule has 5 nitrogen and oxygen atoms in total. The number of benzene rings is 1. The number of nitriles is 1. The lowest BCUT2D eigenvalue weighted by atomic mass is 10.2. The van der Waals surface area contributed by atoms with Crippen LogP contribution in [0, 0.1) is 18.3 Å². The lowest BCUT2D eigenvalue weighted by Gasteiger charge is -2.06. The van der Waals surface area contributed by atoms with Crippen LogP contribution in [0.4, 0.5) is 5.69 Å². The van der Waals surface area contributed by atoms with Crippen molar-refractivity contribution in [3.8, 4) is 6.07 Å². The van der Waals surface area contributed by atoms with Gasteiger partial charge in [-0.25, -0.2) is 0 Å². The van der Waals surface area contributed by atoms with Crippen LogP contribution in [0.5, 0.6) is 0 Å². The number of rotatable bonds is 4. The number of nitrogens with zero attached hydrogens (tertiary/aromatic N) is 1. The van der Waals surface area contributed by atoms with Gasteiger partial charge in [-0.05, 0) is 37.3 Å². The predicted molar refractivity (Wildman–Crippen MR) is 81.2 cm³/mol. The zero-order valence-corrected chi connectivity index (χ0v) is 12.2. The van der Waals surface area contributed by atoms with Crippen LogP contribution >= 0.6 is 11.3 Å². The molecule has 0 bridgehead atoms. The maximum Gasteiger partial charge on any atom is 0.261 e. The van der Waals surface area contributed by atoms with E-state index in [9.17, 15) is 9.59 Å². The Labute approximate surface area is 126 Å². The normalized spacial score (nSPS) is 9.71. The second kappa shape index (κ2) is 6.68. The summed E-state index contributed by atoms with van der Waals surface area (Å²) >= 11 is 1.38. The summed E-state index contributed by atoms with van der Waals surface area (Å²) in [5, 5.41) is 14.0. The minimum atomic E-state index is -0.341. The number of thiophene rings is 1. The van der Waals surface area contributed by atoms with Gasteiger partial charge in [0.05, 0.1) is 23.1 Å². The number of aryl methyl sites for hydroxylation is 1. The molecule has 0 atom stereocenters. The van der Waals surface area contributed by atoms with Gasteiger partial charge in [-0.2, -0.15) is 5.26 Å². The number of hydrogen-bond acceptors (Lipinski definition) is 4. The third-order valence-electron chi connectivity index (χ3n) is 2.65. The van der Waals surface area contributed by atoms with Crippen LogP contribution in [0.3, 0.4) is 0 Å². The molecule has 2 amide bonds. The van der Waals surface area contributed by atoms with Gasteiger partial charge in [0, 0.05) is 10.6 Å². The molecule has 2 rings (SSSR count). The molecule has 1 aromatic heterocycles. The predicted octanol–water partition coefficient (Wildman–Crippen LogP) is 2.30. The Morgan fingerprint density at radius 1 is 1.29 bits per heavy atom. The zero-order valence-electron chi connectivity index (χ0n) is 11.3. The van der Waals surface area contributed by atoms with Crippen molar-refractivity contribution in [3.63, 3.8) is 0 Å². The quantitative estimate of drug-likeness (QED) is 0.908. The lowest BCUT2D eigenvalue weighted by molar-refractivity contribution is -0.115. The molecule has 0 fully saturated rings. The van der Waals surface area contributed by atoms with Crippen molar-refractivity contribution in [2.45, 2.75) is 6.92 Å². The summed E-state index contributed by atoms with van der Waals surface area (Å²) in [5.74, 6) is -0.610. The molecule has 6 heteroatoms. The fraction of sp³-hybridized carbons (Fsp3) is 0.133. The molecular formula is C15H13N3O2S. The van der Waals surface area contributed by atoms with Crippen LogP contribution in [0.2, 0.25) is 0 Å². The van der Waals surface area contributed by atoms with E-state index in [1.54, 1.807) is 30.3 Å². The number of hydrogen-bond donors (Lipinski definition) is 2. The fourth-order valence-corrected chi connectivity index (χ4v) is 2.46. The van der Waals surface area contributed by atoms with Gasteiger partial charge in [-0.15, -0.1) is 11.3 Å². The van der Waals surface area contributed by atoms with E-state index in [0.717, 1.165) is 4.88 Å². The first-order valence-electron chi connectivity index (χ1n) is 6.23. The Morgan fingerprint density at radius 3 is 2.76 bits per heavy atom. The Kier molecular flexibility index (Phi) is 4.69. The minimum Gasteiger partial charge on any atom is -0.342 e. The summed E-state index contributed by atoms with van der Waals surface area (Å²) < 4.78 is 0. The summed E-state index contributed by atoms with van der Waals surface area (Å²) in [5.41, 5.74) is 0.992. The molecule has 1 aromatic carbocycles. The van der Waals surface area contributed by atoms with E-state index in [0.29, 0.717) is 16.1 Å². The average molecular weight is 299 g/mol. The monoisotopic (exact) mass is 299 g/mol. The van der Waals surface area contributed by atoms with E-state index in [1.165, 1.54) is 11.3 Å². The van der Waals surface area contributed by atoms with Gasteiger partial charge >= 0.3 is 0 Å². The van der Waals surface area contributed by atoms with E-state index in [1.807, 2.05) is 19.1 Å². The Hall–Kier alpha value is -2.65. The van der Waals surface area contributed by atoms with E-state index in [-0.39, 0.29) is 18.4 Å². The molecule has 0 aliphatic rings. The summed E-state index contributed by atoms with van der Waals surface area (Å²) in [4.78, 5) is 25.2. The van der Waals surface area contributed by atoms with Crippen LogP contribution in [0.25, 0.3) is 0 Å². The van der Waals surface area contributed by atoms with Gasteiger partial charge in [0.2, 0.25) is 5.91 Å². The van der Waals surface area contributed by atoms with Crippen LogP contribution in [0.15, 0.2) is 36.4 Å². The largest absolute Gasteiger partial charge is 0.342 e.